The van der Waals surface area contributed by atoms with Crippen LogP contribution in [-0.2, 0) is 42.0 Å². The van der Waals surface area contributed by atoms with Gasteiger partial charge in [-0.2, -0.15) is 0 Å². The molecule has 0 aliphatic carbocycles. The van der Waals surface area contributed by atoms with Crippen LogP contribution in [0.3, 0.4) is 0 Å². The number of carbonyl (C=O) groups is 3. The third kappa shape index (κ3) is 5.11. The van der Waals surface area contributed by atoms with Gasteiger partial charge in [-0.3, -0.25) is 32.9 Å². The van der Waals surface area contributed by atoms with Crippen molar-refractivity contribution in [2.45, 2.75) is 64.3 Å². The van der Waals surface area contributed by atoms with E-state index in [-0.39, 0.29) is 18.8 Å². The Morgan fingerprint density at radius 3 is 2.81 bits per heavy atom. The fraction of sp³-hybridized carbons (Fsp3) is 0.650. The number of nitrogens with zero attached hydrogens (tertiary/aromatic N) is 1. The van der Waals surface area contributed by atoms with Crippen molar-refractivity contribution in [2.75, 3.05) is 13.2 Å². The van der Waals surface area contributed by atoms with Crippen molar-refractivity contribution in [1.29, 1.82) is 0 Å². The van der Waals surface area contributed by atoms with Gasteiger partial charge in [0.1, 0.15) is 23.8 Å². The molecule has 3 heterocycles. The van der Waals surface area contributed by atoms with Gasteiger partial charge in [-0.15, -0.1) is 6.42 Å². The second kappa shape index (κ2) is 9.41. The average Bonchev–Trinajstić information content (AvgIpc) is 2.98. The molecule has 6 atom stereocenters. The maximum atomic E-state index is 14.1. The van der Waals surface area contributed by atoms with Gasteiger partial charge < -0.3 is 9.47 Å². The first-order valence-corrected chi connectivity index (χ1v) is 11.5. The number of ketones is 1. The number of hydrogen-bond donors (Lipinski definition) is 0. The number of esters is 1. The predicted octanol–water partition coefficient (Wildman–Crippen LogP) is 1.89. The van der Waals surface area contributed by atoms with E-state index in [1.165, 1.54) is 17.2 Å². The van der Waals surface area contributed by atoms with Crippen LogP contribution in [-0.4, -0.2) is 66.5 Å². The Kier molecular flexibility index (Phi) is 7.22. The van der Waals surface area contributed by atoms with Gasteiger partial charge in [0.2, 0.25) is 5.91 Å². The summed E-state index contributed by atoms with van der Waals surface area (Å²) < 4.78 is 53.5. The van der Waals surface area contributed by atoms with E-state index in [9.17, 15) is 23.3 Å². The highest BCUT2D eigenvalue weighted by Gasteiger charge is 2.61. The first-order valence-electron chi connectivity index (χ1n) is 10.0. The molecule has 176 valence electrons. The summed E-state index contributed by atoms with van der Waals surface area (Å²) in [4.78, 5) is 36.6. The van der Waals surface area contributed by atoms with E-state index >= 15 is 0 Å². The third-order valence-corrected chi connectivity index (χ3v) is 6.57. The number of terminal acetylenes is 1. The fourth-order valence-electron chi connectivity index (χ4n) is 3.60. The lowest BCUT2D eigenvalue weighted by atomic mass is 9.82. The zero-order valence-corrected chi connectivity index (χ0v) is 18.8. The summed E-state index contributed by atoms with van der Waals surface area (Å²) in [5, 5.41) is 0. The van der Waals surface area contributed by atoms with Crippen LogP contribution in [0.25, 0.3) is 0 Å². The summed E-state index contributed by atoms with van der Waals surface area (Å²) in [6, 6.07) is 0. The Morgan fingerprint density at radius 1 is 1.47 bits per heavy atom. The molecule has 10 nitrogen and oxygen atoms in total. The van der Waals surface area contributed by atoms with Crippen molar-refractivity contribution in [2.24, 2.45) is 5.41 Å². The minimum Gasteiger partial charge on any atom is -0.463 e. The average molecular weight is 473 g/mol. The first-order chi connectivity index (χ1) is 15.0. The molecule has 2 saturated heterocycles. The molecule has 3 rings (SSSR count). The highest BCUT2D eigenvalue weighted by Crippen LogP contribution is 2.59. The van der Waals surface area contributed by atoms with E-state index < -0.39 is 68.9 Å². The zero-order chi connectivity index (χ0) is 23.7. The van der Waals surface area contributed by atoms with Crippen molar-refractivity contribution in [3.05, 3.63) is 12.3 Å². The number of hydrogen-bond acceptors (Lipinski definition) is 9. The molecule has 0 spiro atoms. The van der Waals surface area contributed by atoms with Gasteiger partial charge in [0.15, 0.2) is 12.0 Å². The van der Waals surface area contributed by atoms with Crippen molar-refractivity contribution in [3.8, 4) is 12.3 Å². The van der Waals surface area contributed by atoms with Crippen LogP contribution in [0.5, 0.6) is 0 Å². The molecule has 0 unspecified atom stereocenters. The fourth-order valence-corrected chi connectivity index (χ4v) is 5.10. The molecule has 32 heavy (non-hydrogen) atoms. The van der Waals surface area contributed by atoms with Crippen LogP contribution in [0.2, 0.25) is 0 Å². The molecule has 12 heteroatoms. The second-order valence-corrected chi connectivity index (χ2v) is 9.74. The zero-order valence-electron chi connectivity index (χ0n) is 17.9. The Labute approximate surface area is 184 Å². The number of alkyl halides is 1. The second-order valence-electron chi connectivity index (χ2n) is 8.12. The molecule has 0 radical (unpaired) electrons. The van der Waals surface area contributed by atoms with Crippen LogP contribution in [0.15, 0.2) is 12.3 Å². The van der Waals surface area contributed by atoms with Crippen molar-refractivity contribution >= 4 is 25.5 Å². The third-order valence-electron chi connectivity index (χ3n) is 5.15. The quantitative estimate of drug-likeness (QED) is 0.236. The lowest BCUT2D eigenvalue weighted by molar-refractivity contribution is -0.149. The maximum absolute atomic E-state index is 14.1. The number of amides is 1. The van der Waals surface area contributed by atoms with Crippen LogP contribution in [0, 0.1) is 17.8 Å². The van der Waals surface area contributed by atoms with Gasteiger partial charge in [-0.25, -0.2) is 8.96 Å². The molecule has 3 aliphatic rings. The van der Waals surface area contributed by atoms with Crippen LogP contribution in [0.1, 0.15) is 33.6 Å². The van der Waals surface area contributed by atoms with E-state index in [0.29, 0.717) is 0 Å². The topological polar surface area (TPSA) is 118 Å². The van der Waals surface area contributed by atoms with Crippen molar-refractivity contribution in [1.82, 2.24) is 4.90 Å². The molecule has 1 amide bonds. The number of allylic oxidation sites excluding steroid dienone is 1. The minimum atomic E-state index is -4.24. The first kappa shape index (κ1) is 24.6. The maximum Gasteiger partial charge on any atom is 0.475 e. The molecule has 0 aromatic carbocycles. The molecule has 0 aromatic rings. The number of phosphoric acid groups is 1. The number of halogens is 1. The lowest BCUT2D eigenvalue weighted by Gasteiger charge is -2.37. The van der Waals surface area contributed by atoms with Crippen LogP contribution < -0.4 is 0 Å². The largest absolute Gasteiger partial charge is 0.475 e. The summed E-state index contributed by atoms with van der Waals surface area (Å²) >= 11 is 0. The molecule has 0 aromatic heterocycles. The van der Waals surface area contributed by atoms with E-state index in [1.807, 2.05) is 0 Å². The van der Waals surface area contributed by atoms with Gasteiger partial charge in [0, 0.05) is 6.20 Å². The summed E-state index contributed by atoms with van der Waals surface area (Å²) in [5.74, 6) is 0.925. The summed E-state index contributed by atoms with van der Waals surface area (Å²) in [6.07, 6.45) is 2.35. The SMILES string of the molecule is C#C[C@]1(C)[C@@H]2O[P@@](=O)(OC[C@@H](F)CC(=O)OC(C)C)OC[C@H]2O[C@H]1N1C=CC(=O)CC1=O. The summed E-state index contributed by atoms with van der Waals surface area (Å²) in [5.41, 5.74) is -1.27. The molecule has 3 aliphatic heterocycles. The van der Waals surface area contributed by atoms with E-state index in [0.717, 1.165) is 0 Å². The standard InChI is InChI=1S/C20H25FNO9P/c1-5-20(4)18-15(30-19(20)22-7-6-14(23)9-16(22)24)11-28-32(26,31-18)27-10-13(21)8-17(25)29-12(2)3/h1,6-7,12-13,15,18-19H,8-11H2,2-4H3/t13-,15+,18+,19+,20+,32-/m0/s1. The van der Waals surface area contributed by atoms with Gasteiger partial charge in [-0.1, -0.05) is 5.92 Å². The molecular formula is C20H25FNO9P. The summed E-state index contributed by atoms with van der Waals surface area (Å²) in [7, 11) is -4.24. The predicted molar refractivity (Wildman–Crippen MR) is 106 cm³/mol. The van der Waals surface area contributed by atoms with E-state index in [4.69, 9.17) is 29.5 Å². The van der Waals surface area contributed by atoms with Gasteiger partial charge >= 0.3 is 13.8 Å². The van der Waals surface area contributed by atoms with Crippen molar-refractivity contribution < 1.29 is 46.4 Å². The molecular weight excluding hydrogens is 448 g/mol. The Bertz CT molecular complexity index is 900. The number of ether oxygens (including phenoxy) is 2. The highest BCUT2D eigenvalue weighted by atomic mass is 31.2. The Hall–Kier alpha value is -2.09. The Balaban J connectivity index is 1.67. The molecule has 0 N–H and O–H groups in total. The number of phosphoric ester groups is 1. The minimum absolute atomic E-state index is 0.243. The smallest absolute Gasteiger partial charge is 0.463 e. The van der Waals surface area contributed by atoms with E-state index in [1.54, 1.807) is 20.8 Å². The number of fused-ring (bicyclic) bond motifs is 1. The van der Waals surface area contributed by atoms with Gasteiger partial charge in [0.25, 0.3) is 0 Å². The normalized spacial score (nSPS) is 35.5. The molecule has 0 bridgehead atoms. The molecule has 0 saturated carbocycles. The molecule has 2 fully saturated rings. The van der Waals surface area contributed by atoms with E-state index in [2.05, 4.69) is 5.92 Å². The summed E-state index contributed by atoms with van der Waals surface area (Å²) in [6.45, 7) is 3.87. The van der Waals surface area contributed by atoms with Gasteiger partial charge in [-0.05, 0) is 26.8 Å². The van der Waals surface area contributed by atoms with Crippen LogP contribution in [0.4, 0.5) is 4.39 Å². The number of rotatable bonds is 7. The van der Waals surface area contributed by atoms with Crippen molar-refractivity contribution in [3.63, 3.8) is 0 Å². The van der Waals surface area contributed by atoms with Gasteiger partial charge in [0.05, 0.1) is 32.2 Å². The number of carbonyl (C=O) groups excluding carboxylic acids is 3. The monoisotopic (exact) mass is 473 g/mol. The Morgan fingerprint density at radius 2 is 2.19 bits per heavy atom. The highest BCUT2D eigenvalue weighted by molar-refractivity contribution is 7.48. The lowest BCUT2D eigenvalue weighted by Crippen LogP contribution is -2.49. The van der Waals surface area contributed by atoms with Crippen LogP contribution >= 0.6 is 7.82 Å².